The molecule has 43 heavy (non-hydrogen) atoms. The molecule has 0 aromatic rings. The van der Waals surface area contributed by atoms with Crippen LogP contribution in [0.4, 0.5) is 0 Å². The van der Waals surface area contributed by atoms with E-state index in [0.717, 1.165) is 19.3 Å². The zero-order chi connectivity index (χ0) is 30.8. The quantitative estimate of drug-likeness (QED) is 0.0225. The first-order valence-electron chi connectivity index (χ1n) is 18.8. The Balaban J connectivity index is 0. The number of unbranched alkanes of at least 4 members (excludes halogenated alkanes) is 28. The average molecular weight is 653 g/mol. The molecule has 0 aromatic heterocycles. The van der Waals surface area contributed by atoms with Crippen LogP contribution in [0.2, 0.25) is 0 Å². The minimum atomic E-state index is -4.62. The molecule has 0 aliphatic rings. The van der Waals surface area contributed by atoms with Gasteiger partial charge in [-0.1, -0.05) is 206 Å². The minimum Gasteiger partial charge on any atom is -0.726 e. The topological polar surface area (TPSA) is 66.4 Å². The Morgan fingerprint density at radius 3 is 1.14 bits per heavy atom. The molecule has 0 aliphatic carbocycles. The van der Waals surface area contributed by atoms with Crippen LogP contribution in [0.5, 0.6) is 0 Å². The third kappa shape index (κ3) is 41.2. The molecule has 0 rings (SSSR count). The van der Waals surface area contributed by atoms with Crippen LogP contribution >= 0.6 is 0 Å². The molecule has 0 radical (unpaired) electrons. The van der Waals surface area contributed by atoms with Crippen molar-refractivity contribution in [1.82, 2.24) is 0 Å². The molecule has 0 heterocycles. The number of hydrogen-bond acceptors (Lipinski definition) is 4. The van der Waals surface area contributed by atoms with E-state index < -0.39 is 10.4 Å². The Hall–Kier alpha value is 1.25. The third-order valence-corrected chi connectivity index (χ3v) is 9.16. The van der Waals surface area contributed by atoms with Crippen molar-refractivity contribution in [3.8, 4) is 0 Å². The van der Waals surface area contributed by atoms with Gasteiger partial charge in [-0.05, 0) is 19.3 Å². The van der Waals surface area contributed by atoms with Crippen molar-refractivity contribution in [3.05, 3.63) is 12.2 Å². The van der Waals surface area contributed by atoms with Gasteiger partial charge in [0.2, 0.25) is 10.4 Å². The molecular formula is C37H73KO4S. The molecule has 0 spiro atoms. The van der Waals surface area contributed by atoms with Gasteiger partial charge >= 0.3 is 51.4 Å². The SMILES string of the molecule is CCCCCCCCCCCCCC/C=C/C(CCCCCCCCCCCCCCCCCCC)COS(=O)(=O)[O-].[K+]. The van der Waals surface area contributed by atoms with E-state index >= 15 is 0 Å². The van der Waals surface area contributed by atoms with Crippen LogP contribution in [-0.2, 0) is 14.6 Å². The van der Waals surface area contributed by atoms with Gasteiger partial charge in [-0.25, -0.2) is 8.42 Å². The smallest absolute Gasteiger partial charge is 0.726 e. The van der Waals surface area contributed by atoms with Crippen LogP contribution in [0.1, 0.15) is 213 Å². The van der Waals surface area contributed by atoms with Gasteiger partial charge in [0.15, 0.2) is 0 Å². The van der Waals surface area contributed by atoms with E-state index in [1.54, 1.807) is 0 Å². The average Bonchev–Trinajstić information content (AvgIpc) is 2.96. The van der Waals surface area contributed by atoms with Gasteiger partial charge in [-0.3, -0.25) is 4.18 Å². The summed E-state index contributed by atoms with van der Waals surface area (Å²) >= 11 is 0. The van der Waals surface area contributed by atoms with Crippen molar-refractivity contribution < 1.29 is 68.5 Å². The van der Waals surface area contributed by atoms with Crippen LogP contribution in [-0.4, -0.2) is 19.6 Å². The van der Waals surface area contributed by atoms with Crippen LogP contribution in [0.15, 0.2) is 12.2 Å². The molecule has 0 saturated heterocycles. The van der Waals surface area contributed by atoms with E-state index in [-0.39, 0.29) is 63.9 Å². The van der Waals surface area contributed by atoms with Crippen molar-refractivity contribution in [1.29, 1.82) is 0 Å². The second-order valence-electron chi connectivity index (χ2n) is 13.0. The van der Waals surface area contributed by atoms with Crippen LogP contribution in [0, 0.1) is 5.92 Å². The number of rotatable bonds is 35. The van der Waals surface area contributed by atoms with Crippen molar-refractivity contribution >= 4 is 10.4 Å². The summed E-state index contributed by atoms with van der Waals surface area (Å²) in [4.78, 5) is 0. The minimum absolute atomic E-state index is 0. The van der Waals surface area contributed by atoms with Gasteiger partial charge in [0.25, 0.3) is 0 Å². The number of allylic oxidation sites excluding steroid dienone is 1. The normalized spacial score (nSPS) is 12.6. The van der Waals surface area contributed by atoms with Crippen LogP contribution in [0.3, 0.4) is 0 Å². The molecule has 0 amide bonds. The molecule has 252 valence electrons. The van der Waals surface area contributed by atoms with Gasteiger partial charge in [0.05, 0.1) is 6.61 Å². The Labute approximate surface area is 313 Å². The molecule has 0 bridgehead atoms. The van der Waals surface area contributed by atoms with E-state index in [0.29, 0.717) is 0 Å². The summed E-state index contributed by atoms with van der Waals surface area (Å²) in [6, 6.07) is 0. The summed E-state index contributed by atoms with van der Waals surface area (Å²) in [5, 5.41) is 0. The summed E-state index contributed by atoms with van der Waals surface area (Å²) in [5.74, 6) is 0.0161. The largest absolute Gasteiger partial charge is 1.00 e. The molecule has 0 aromatic carbocycles. The first-order chi connectivity index (χ1) is 20.5. The molecule has 0 N–H and O–H groups in total. The van der Waals surface area contributed by atoms with Gasteiger partial charge in [0.1, 0.15) is 0 Å². The Morgan fingerprint density at radius 1 is 0.512 bits per heavy atom. The maximum atomic E-state index is 11.0. The summed E-state index contributed by atoms with van der Waals surface area (Å²) in [5.41, 5.74) is 0. The van der Waals surface area contributed by atoms with E-state index in [1.165, 1.54) is 180 Å². The van der Waals surface area contributed by atoms with Gasteiger partial charge in [-0.15, -0.1) is 0 Å². The molecular weight excluding hydrogens is 580 g/mol. The molecule has 1 atom stereocenters. The Morgan fingerprint density at radius 2 is 0.814 bits per heavy atom. The van der Waals surface area contributed by atoms with Crippen molar-refractivity contribution in [2.24, 2.45) is 5.92 Å². The van der Waals surface area contributed by atoms with E-state index in [2.05, 4.69) is 30.2 Å². The fraction of sp³-hybridized carbons (Fsp3) is 0.946. The number of hydrogen-bond donors (Lipinski definition) is 0. The van der Waals surface area contributed by atoms with Crippen molar-refractivity contribution in [2.45, 2.75) is 213 Å². The zero-order valence-electron chi connectivity index (χ0n) is 29.4. The molecule has 0 aliphatic heterocycles. The van der Waals surface area contributed by atoms with Crippen LogP contribution < -0.4 is 51.4 Å². The molecule has 6 heteroatoms. The predicted octanol–water partition coefficient (Wildman–Crippen LogP) is 9.77. The molecule has 0 saturated carbocycles. The predicted molar refractivity (Wildman–Crippen MR) is 183 cm³/mol. The van der Waals surface area contributed by atoms with Gasteiger partial charge in [0, 0.05) is 5.92 Å². The summed E-state index contributed by atoms with van der Waals surface area (Å²) < 4.78 is 37.5. The monoisotopic (exact) mass is 652 g/mol. The van der Waals surface area contributed by atoms with Crippen LogP contribution in [0.25, 0.3) is 0 Å². The second-order valence-corrected chi connectivity index (χ2v) is 14.1. The summed E-state index contributed by atoms with van der Waals surface area (Å²) in [6.07, 6.45) is 45.3. The van der Waals surface area contributed by atoms with Gasteiger partial charge in [-0.2, -0.15) is 0 Å². The van der Waals surface area contributed by atoms with Crippen molar-refractivity contribution in [2.75, 3.05) is 6.61 Å². The molecule has 1 unspecified atom stereocenters. The van der Waals surface area contributed by atoms with E-state index in [1.807, 2.05) is 0 Å². The van der Waals surface area contributed by atoms with Crippen molar-refractivity contribution in [3.63, 3.8) is 0 Å². The Bertz CT molecular complexity index is 653. The fourth-order valence-electron chi connectivity index (χ4n) is 5.93. The maximum Gasteiger partial charge on any atom is 1.00 e. The first-order valence-corrected chi connectivity index (χ1v) is 20.1. The first kappa shape index (κ1) is 46.4. The fourth-order valence-corrected chi connectivity index (χ4v) is 6.27. The van der Waals surface area contributed by atoms with Gasteiger partial charge < -0.3 is 4.55 Å². The molecule has 0 fully saturated rings. The van der Waals surface area contributed by atoms with E-state index in [4.69, 9.17) is 0 Å². The second kappa shape index (κ2) is 37.7. The Kier molecular flexibility index (Phi) is 40.7. The van der Waals surface area contributed by atoms with E-state index in [9.17, 15) is 13.0 Å². The molecule has 4 nitrogen and oxygen atoms in total. The summed E-state index contributed by atoms with van der Waals surface area (Å²) in [7, 11) is -4.62. The summed E-state index contributed by atoms with van der Waals surface area (Å²) in [6.45, 7) is 4.54. The maximum absolute atomic E-state index is 11.0. The zero-order valence-corrected chi connectivity index (χ0v) is 33.3. The third-order valence-electron chi connectivity index (χ3n) is 8.74. The standard InChI is InChI=1S/C37H74O4S.K/c1-3-5-7-9-11-13-15-17-19-20-21-23-25-27-29-31-33-35-37(36-41-42(38,39)40)34-32-30-28-26-24-22-18-16-14-12-10-8-6-4-2;/h32,34,37H,3-31,33,35-36H2,1-2H3,(H,38,39,40);/q;+1/p-1/b34-32+;.